The van der Waals surface area contributed by atoms with Crippen molar-refractivity contribution in [2.24, 2.45) is 0 Å². The predicted molar refractivity (Wildman–Crippen MR) is 122 cm³/mol. The van der Waals surface area contributed by atoms with E-state index in [1.807, 2.05) is 0 Å². The van der Waals surface area contributed by atoms with Crippen LogP contribution in [0, 0.1) is 5.82 Å². The van der Waals surface area contributed by atoms with E-state index in [9.17, 15) is 14.0 Å². The highest BCUT2D eigenvalue weighted by molar-refractivity contribution is 6.31. The third-order valence-corrected chi connectivity index (χ3v) is 5.21. The van der Waals surface area contributed by atoms with Gasteiger partial charge in [-0.15, -0.1) is 0 Å². The van der Waals surface area contributed by atoms with Crippen molar-refractivity contribution in [1.29, 1.82) is 0 Å². The standard InChI is InChI=1S/C22H21ClFN7O2/c23-13-2-4-16(15(8-13)21(32)31-20-5-3-14(24)9-29-20)30-22(33)19-12-27-18(11-28-19)17-10-25-6-1-7-26-17/h2-5,8-9,11-12,17,25-26H,1,6-7,10H2,(H,30,33)(H,29,31,32). The molecular formula is C22H21ClFN7O2. The lowest BCUT2D eigenvalue weighted by molar-refractivity contribution is 0.102. The monoisotopic (exact) mass is 469 g/mol. The van der Waals surface area contributed by atoms with E-state index < -0.39 is 17.6 Å². The van der Waals surface area contributed by atoms with E-state index >= 15 is 0 Å². The van der Waals surface area contributed by atoms with Gasteiger partial charge in [0.25, 0.3) is 11.8 Å². The Balaban J connectivity index is 1.48. The first-order valence-corrected chi connectivity index (χ1v) is 10.7. The predicted octanol–water partition coefficient (Wildman–Crippen LogP) is 2.79. The van der Waals surface area contributed by atoms with Gasteiger partial charge in [0.2, 0.25) is 0 Å². The number of halogens is 2. The number of carbonyl (C=O) groups is 2. The van der Waals surface area contributed by atoms with Crippen molar-refractivity contribution >= 4 is 34.9 Å². The van der Waals surface area contributed by atoms with Gasteiger partial charge >= 0.3 is 0 Å². The molecule has 4 rings (SSSR count). The first-order chi connectivity index (χ1) is 16.0. The Bertz CT molecular complexity index is 1130. The summed E-state index contributed by atoms with van der Waals surface area (Å²) in [7, 11) is 0. The highest BCUT2D eigenvalue weighted by Gasteiger charge is 2.19. The van der Waals surface area contributed by atoms with Crippen LogP contribution >= 0.6 is 11.6 Å². The van der Waals surface area contributed by atoms with Gasteiger partial charge in [-0.1, -0.05) is 11.6 Å². The van der Waals surface area contributed by atoms with Gasteiger partial charge in [0, 0.05) is 11.6 Å². The number of anilines is 2. The van der Waals surface area contributed by atoms with Gasteiger partial charge in [0.15, 0.2) is 0 Å². The highest BCUT2D eigenvalue weighted by Crippen LogP contribution is 2.22. The molecule has 11 heteroatoms. The number of carbonyl (C=O) groups excluding carboxylic acids is 2. The molecule has 1 aliphatic rings. The van der Waals surface area contributed by atoms with E-state index in [1.54, 1.807) is 12.3 Å². The molecule has 1 aliphatic heterocycles. The van der Waals surface area contributed by atoms with Crippen LogP contribution in [0.5, 0.6) is 0 Å². The summed E-state index contributed by atoms with van der Waals surface area (Å²) in [6.45, 7) is 2.54. The second kappa shape index (κ2) is 10.4. The van der Waals surface area contributed by atoms with Crippen LogP contribution < -0.4 is 21.3 Å². The molecule has 1 unspecified atom stereocenters. The Kier molecular flexibility index (Phi) is 7.18. The zero-order valence-corrected chi connectivity index (χ0v) is 18.2. The van der Waals surface area contributed by atoms with Crippen molar-refractivity contribution < 1.29 is 14.0 Å². The van der Waals surface area contributed by atoms with Crippen molar-refractivity contribution in [1.82, 2.24) is 25.6 Å². The number of aromatic nitrogens is 3. The lowest BCUT2D eigenvalue weighted by Gasteiger charge is -2.15. The average Bonchev–Trinajstić information content (AvgIpc) is 3.11. The summed E-state index contributed by atoms with van der Waals surface area (Å²) in [4.78, 5) is 37.9. The van der Waals surface area contributed by atoms with Crippen LogP contribution in [0.1, 0.15) is 39.0 Å². The van der Waals surface area contributed by atoms with Crippen LogP contribution in [0.2, 0.25) is 5.02 Å². The van der Waals surface area contributed by atoms with Gasteiger partial charge < -0.3 is 21.3 Å². The van der Waals surface area contributed by atoms with Gasteiger partial charge in [-0.25, -0.2) is 14.4 Å². The lowest BCUT2D eigenvalue weighted by Crippen LogP contribution is -2.28. The second-order valence-electron chi connectivity index (χ2n) is 7.35. The maximum atomic E-state index is 13.1. The normalized spacial score (nSPS) is 16.0. The van der Waals surface area contributed by atoms with Crippen LogP contribution in [0.25, 0.3) is 0 Å². The summed E-state index contributed by atoms with van der Waals surface area (Å²) in [6.07, 6.45) is 4.97. The number of rotatable bonds is 5. The van der Waals surface area contributed by atoms with E-state index in [2.05, 4.69) is 36.2 Å². The summed E-state index contributed by atoms with van der Waals surface area (Å²) in [5.41, 5.74) is 1.17. The van der Waals surface area contributed by atoms with Crippen molar-refractivity contribution in [2.75, 3.05) is 30.3 Å². The topological polar surface area (TPSA) is 121 Å². The fourth-order valence-corrected chi connectivity index (χ4v) is 3.46. The van der Waals surface area contributed by atoms with Gasteiger partial charge in [-0.05, 0) is 49.8 Å². The van der Waals surface area contributed by atoms with Crippen molar-refractivity contribution in [2.45, 2.75) is 12.5 Å². The molecular weight excluding hydrogens is 449 g/mol. The minimum absolute atomic E-state index is 0.0174. The first-order valence-electron chi connectivity index (χ1n) is 10.3. The number of hydrogen-bond acceptors (Lipinski definition) is 7. The largest absolute Gasteiger partial charge is 0.320 e. The van der Waals surface area contributed by atoms with Gasteiger partial charge in [-0.3, -0.25) is 14.6 Å². The van der Waals surface area contributed by atoms with Crippen molar-refractivity contribution in [3.63, 3.8) is 0 Å². The molecule has 9 nitrogen and oxygen atoms in total. The molecule has 1 fully saturated rings. The number of hydrogen-bond donors (Lipinski definition) is 4. The summed E-state index contributed by atoms with van der Waals surface area (Å²) < 4.78 is 13.1. The maximum Gasteiger partial charge on any atom is 0.275 e. The molecule has 2 aromatic heterocycles. The summed E-state index contributed by atoms with van der Waals surface area (Å²) >= 11 is 6.05. The van der Waals surface area contributed by atoms with E-state index in [0.29, 0.717) is 5.02 Å². The minimum Gasteiger partial charge on any atom is -0.320 e. The van der Waals surface area contributed by atoms with Crippen LogP contribution in [0.4, 0.5) is 15.9 Å². The van der Waals surface area contributed by atoms with E-state index in [-0.39, 0.29) is 28.8 Å². The van der Waals surface area contributed by atoms with Gasteiger partial charge in [0.05, 0.1) is 41.6 Å². The molecule has 33 heavy (non-hydrogen) atoms. The molecule has 0 spiro atoms. The Morgan fingerprint density at radius 3 is 2.64 bits per heavy atom. The average molecular weight is 470 g/mol. The van der Waals surface area contributed by atoms with Crippen LogP contribution in [0.15, 0.2) is 48.9 Å². The number of pyridine rings is 1. The summed E-state index contributed by atoms with van der Waals surface area (Å²) in [5.74, 6) is -1.47. The third-order valence-electron chi connectivity index (χ3n) is 4.97. The Labute approximate surface area is 194 Å². The van der Waals surface area contributed by atoms with Gasteiger partial charge in [0.1, 0.15) is 17.3 Å². The molecule has 1 atom stereocenters. The number of nitrogens with zero attached hydrogens (tertiary/aromatic N) is 3. The minimum atomic E-state index is -0.569. The zero-order chi connectivity index (χ0) is 23.2. The Morgan fingerprint density at radius 2 is 1.88 bits per heavy atom. The molecule has 0 bridgehead atoms. The lowest BCUT2D eigenvalue weighted by atomic mass is 10.1. The van der Waals surface area contributed by atoms with Crippen molar-refractivity contribution in [3.8, 4) is 0 Å². The zero-order valence-electron chi connectivity index (χ0n) is 17.4. The van der Waals surface area contributed by atoms with Crippen LogP contribution in [-0.4, -0.2) is 46.4 Å². The summed E-state index contributed by atoms with van der Waals surface area (Å²) in [6, 6.07) is 6.98. The molecule has 3 heterocycles. The molecule has 4 N–H and O–H groups in total. The van der Waals surface area contributed by atoms with Crippen molar-refractivity contribution in [3.05, 3.63) is 76.7 Å². The molecule has 0 saturated carbocycles. The Hall–Kier alpha value is -3.47. The van der Waals surface area contributed by atoms with Gasteiger partial charge in [-0.2, -0.15) is 0 Å². The molecule has 2 amide bonds. The van der Waals surface area contributed by atoms with E-state index in [0.717, 1.165) is 37.9 Å². The molecule has 0 aliphatic carbocycles. The van der Waals surface area contributed by atoms with E-state index in [1.165, 1.54) is 30.5 Å². The van der Waals surface area contributed by atoms with Crippen LogP contribution in [0.3, 0.4) is 0 Å². The maximum absolute atomic E-state index is 13.1. The quantitative estimate of drug-likeness (QED) is 0.453. The Morgan fingerprint density at radius 1 is 1.00 bits per heavy atom. The molecule has 0 radical (unpaired) electrons. The first kappa shape index (κ1) is 22.7. The third kappa shape index (κ3) is 5.86. The smallest absolute Gasteiger partial charge is 0.275 e. The molecule has 1 aromatic carbocycles. The molecule has 170 valence electrons. The SMILES string of the molecule is O=C(Nc1ccc(Cl)cc1C(=O)Nc1ccc(F)cn1)c1cnc(C2CNCCCN2)cn1. The number of nitrogens with one attached hydrogen (secondary N) is 4. The summed E-state index contributed by atoms with van der Waals surface area (Å²) in [5, 5.41) is 12.2. The molecule has 1 saturated heterocycles. The number of amides is 2. The fourth-order valence-electron chi connectivity index (χ4n) is 3.29. The second-order valence-corrected chi connectivity index (χ2v) is 7.79. The van der Waals surface area contributed by atoms with Crippen LogP contribution in [-0.2, 0) is 0 Å². The van der Waals surface area contributed by atoms with E-state index in [4.69, 9.17) is 11.6 Å². The number of benzene rings is 1. The molecule has 3 aromatic rings. The highest BCUT2D eigenvalue weighted by atomic mass is 35.5. The fraction of sp³-hybridized carbons (Fsp3) is 0.227.